The minimum absolute atomic E-state index is 0.0650. The van der Waals surface area contributed by atoms with Gasteiger partial charge in [-0.3, -0.25) is 0 Å². The Balaban J connectivity index is 3.79. The van der Waals surface area contributed by atoms with Crippen LogP contribution in [0.5, 0.6) is 0 Å². The molecule has 0 fully saturated rings. The molecule has 0 rings (SSSR count). The third-order valence-electron chi connectivity index (χ3n) is 3.37. The molecule has 0 amide bonds. The quantitative estimate of drug-likeness (QED) is 0.254. The Bertz CT molecular complexity index is 345. The van der Waals surface area contributed by atoms with Gasteiger partial charge in [0, 0.05) is 12.7 Å². The molecule has 1 N–H and O–H groups in total. The third-order valence-corrected chi connectivity index (χ3v) is 11.0. The van der Waals surface area contributed by atoms with Crippen LogP contribution in [0.15, 0.2) is 12.7 Å². The zero-order chi connectivity index (χ0) is 17.2. The lowest BCUT2D eigenvalue weighted by Gasteiger charge is -2.33. The van der Waals surface area contributed by atoms with Gasteiger partial charge in [-0.05, 0) is 44.7 Å². The SMILES string of the molecule is C=CC(=O)OCC(O)COCCC[Si](C)(C)O[Si](C)(C)CC. The number of aliphatic hydroxyl groups excluding tert-OH is 1. The molecule has 0 aromatic heterocycles. The van der Waals surface area contributed by atoms with E-state index < -0.39 is 28.7 Å². The second-order valence-corrected chi connectivity index (χ2v) is 15.7. The summed E-state index contributed by atoms with van der Waals surface area (Å²) in [5.41, 5.74) is 0. The highest BCUT2D eigenvalue weighted by molar-refractivity contribution is 6.84. The van der Waals surface area contributed by atoms with Gasteiger partial charge in [0.25, 0.3) is 0 Å². The molecule has 0 bridgehead atoms. The average molecular weight is 349 g/mol. The van der Waals surface area contributed by atoms with Crippen molar-refractivity contribution in [1.82, 2.24) is 0 Å². The number of rotatable bonds is 12. The molecule has 0 aliphatic heterocycles. The van der Waals surface area contributed by atoms with Crippen LogP contribution in [0, 0.1) is 0 Å². The lowest BCUT2D eigenvalue weighted by atomic mass is 10.4. The predicted molar refractivity (Wildman–Crippen MR) is 93.9 cm³/mol. The first-order valence-corrected chi connectivity index (χ1v) is 14.1. The average Bonchev–Trinajstić information content (AvgIpc) is 2.43. The highest BCUT2D eigenvalue weighted by Gasteiger charge is 2.31. The van der Waals surface area contributed by atoms with Crippen LogP contribution in [0.4, 0.5) is 0 Å². The van der Waals surface area contributed by atoms with Crippen LogP contribution < -0.4 is 0 Å². The van der Waals surface area contributed by atoms with E-state index in [1.54, 1.807) is 0 Å². The van der Waals surface area contributed by atoms with Crippen LogP contribution >= 0.6 is 0 Å². The number of ether oxygens (including phenoxy) is 2. The molecular weight excluding hydrogens is 316 g/mol. The van der Waals surface area contributed by atoms with Gasteiger partial charge in [0.05, 0.1) is 6.61 Å². The fraction of sp³-hybridized carbons (Fsp3) is 0.800. The van der Waals surface area contributed by atoms with Crippen molar-refractivity contribution >= 4 is 22.6 Å². The molecule has 0 aromatic rings. The van der Waals surface area contributed by atoms with Gasteiger partial charge in [-0.1, -0.05) is 13.5 Å². The van der Waals surface area contributed by atoms with Gasteiger partial charge in [-0.2, -0.15) is 0 Å². The first kappa shape index (κ1) is 21.5. The summed E-state index contributed by atoms with van der Waals surface area (Å²) in [6.07, 6.45) is 1.20. The molecule has 0 radical (unpaired) electrons. The molecule has 7 heteroatoms. The molecule has 1 unspecified atom stereocenters. The Morgan fingerprint density at radius 2 is 1.86 bits per heavy atom. The second kappa shape index (κ2) is 10.3. The summed E-state index contributed by atoms with van der Waals surface area (Å²) >= 11 is 0. The molecular formula is C15H32O5Si2. The van der Waals surface area contributed by atoms with Crippen molar-refractivity contribution in [3.05, 3.63) is 12.7 Å². The summed E-state index contributed by atoms with van der Waals surface area (Å²) in [4.78, 5) is 10.8. The van der Waals surface area contributed by atoms with Crippen molar-refractivity contribution in [2.24, 2.45) is 0 Å². The summed E-state index contributed by atoms with van der Waals surface area (Å²) < 4.78 is 16.5. The molecule has 0 saturated heterocycles. The van der Waals surface area contributed by atoms with Crippen LogP contribution in [0.25, 0.3) is 0 Å². The molecule has 0 saturated carbocycles. The lowest BCUT2D eigenvalue weighted by molar-refractivity contribution is -0.141. The molecule has 5 nitrogen and oxygen atoms in total. The number of esters is 1. The third kappa shape index (κ3) is 11.1. The lowest BCUT2D eigenvalue weighted by Crippen LogP contribution is -2.43. The molecule has 0 aromatic carbocycles. The van der Waals surface area contributed by atoms with Crippen molar-refractivity contribution in [2.45, 2.75) is 57.7 Å². The molecule has 1 atom stereocenters. The van der Waals surface area contributed by atoms with Gasteiger partial charge in [-0.15, -0.1) is 0 Å². The standard InChI is InChI=1S/C15H32O5Si2/c1-7-15(17)19-13-14(16)12-18-10-9-11-22(5,6)20-21(3,4)8-2/h7,14,16H,1,8-13H2,2-6H3. The van der Waals surface area contributed by atoms with Crippen molar-refractivity contribution in [3.8, 4) is 0 Å². The van der Waals surface area contributed by atoms with Crippen LogP contribution in [-0.2, 0) is 18.4 Å². The van der Waals surface area contributed by atoms with Crippen LogP contribution in [-0.4, -0.2) is 53.6 Å². The van der Waals surface area contributed by atoms with E-state index in [0.717, 1.165) is 24.6 Å². The molecule has 0 aliphatic carbocycles. The summed E-state index contributed by atoms with van der Waals surface area (Å²) in [7, 11) is -3.13. The van der Waals surface area contributed by atoms with Crippen molar-refractivity contribution in [2.75, 3.05) is 19.8 Å². The zero-order valence-corrected chi connectivity index (χ0v) is 16.7. The first-order chi connectivity index (χ1) is 10.1. The molecule has 0 spiro atoms. The Morgan fingerprint density at radius 3 is 2.41 bits per heavy atom. The summed E-state index contributed by atoms with van der Waals surface area (Å²) in [6.45, 7) is 15.2. The van der Waals surface area contributed by atoms with Crippen molar-refractivity contribution in [3.63, 3.8) is 0 Å². The first-order valence-electron chi connectivity index (χ1n) is 7.87. The maximum atomic E-state index is 10.8. The summed E-state index contributed by atoms with van der Waals surface area (Å²) in [5.74, 6) is -0.536. The number of hydrogen-bond donors (Lipinski definition) is 1. The van der Waals surface area contributed by atoms with E-state index in [-0.39, 0.29) is 13.2 Å². The van der Waals surface area contributed by atoms with Gasteiger partial charge < -0.3 is 18.7 Å². The van der Waals surface area contributed by atoms with E-state index >= 15 is 0 Å². The number of hydrogen-bond acceptors (Lipinski definition) is 5. The van der Waals surface area contributed by atoms with Crippen LogP contribution in [0.2, 0.25) is 38.3 Å². The second-order valence-electron chi connectivity index (χ2n) is 6.64. The highest BCUT2D eigenvalue weighted by atomic mass is 28.4. The van der Waals surface area contributed by atoms with Crippen LogP contribution in [0.1, 0.15) is 13.3 Å². The number of aliphatic hydroxyl groups is 1. The molecule has 22 heavy (non-hydrogen) atoms. The fourth-order valence-electron chi connectivity index (χ4n) is 1.98. The van der Waals surface area contributed by atoms with E-state index in [4.69, 9.17) is 13.6 Å². The van der Waals surface area contributed by atoms with Gasteiger partial charge in [0.2, 0.25) is 0 Å². The van der Waals surface area contributed by atoms with E-state index in [1.807, 2.05) is 0 Å². The van der Waals surface area contributed by atoms with E-state index in [9.17, 15) is 9.90 Å². The van der Waals surface area contributed by atoms with Gasteiger partial charge in [0.1, 0.15) is 12.7 Å². The van der Waals surface area contributed by atoms with Crippen LogP contribution in [0.3, 0.4) is 0 Å². The monoisotopic (exact) mass is 348 g/mol. The van der Waals surface area contributed by atoms with E-state index in [0.29, 0.717) is 6.61 Å². The Morgan fingerprint density at radius 1 is 1.23 bits per heavy atom. The molecule has 0 aliphatic rings. The minimum Gasteiger partial charge on any atom is -0.460 e. The zero-order valence-electron chi connectivity index (χ0n) is 14.7. The summed E-state index contributed by atoms with van der Waals surface area (Å²) in [5, 5.41) is 9.59. The largest absolute Gasteiger partial charge is 0.460 e. The highest BCUT2D eigenvalue weighted by Crippen LogP contribution is 2.22. The smallest absolute Gasteiger partial charge is 0.330 e. The van der Waals surface area contributed by atoms with Crippen molar-refractivity contribution in [1.29, 1.82) is 0 Å². The fourth-order valence-corrected chi connectivity index (χ4v) is 9.94. The summed E-state index contributed by atoms with van der Waals surface area (Å²) in [6, 6.07) is 2.18. The molecule has 130 valence electrons. The predicted octanol–water partition coefficient (Wildman–Crippen LogP) is 2.93. The normalized spacial score (nSPS) is 13.7. The van der Waals surface area contributed by atoms with Gasteiger partial charge >= 0.3 is 5.97 Å². The Hall–Kier alpha value is -0.476. The van der Waals surface area contributed by atoms with E-state index in [2.05, 4.69) is 39.7 Å². The van der Waals surface area contributed by atoms with Crippen molar-refractivity contribution < 1.29 is 23.5 Å². The maximum Gasteiger partial charge on any atom is 0.330 e. The van der Waals surface area contributed by atoms with Gasteiger partial charge in [-0.25, -0.2) is 4.79 Å². The topological polar surface area (TPSA) is 65.0 Å². The maximum absolute atomic E-state index is 10.8. The Kier molecular flexibility index (Phi) is 10.1. The Labute approximate surface area is 136 Å². The van der Waals surface area contributed by atoms with Gasteiger partial charge in [0.15, 0.2) is 16.6 Å². The minimum atomic E-state index is -1.63. The van der Waals surface area contributed by atoms with E-state index in [1.165, 1.54) is 0 Å². The number of carbonyl (C=O) groups is 1. The molecule has 0 heterocycles. The number of carbonyl (C=O) groups excluding carboxylic acids is 1.